The Morgan fingerprint density at radius 2 is 1.94 bits per heavy atom. The number of carbonyl (C=O) groups is 2. The van der Waals surface area contributed by atoms with E-state index in [-0.39, 0.29) is 29.6 Å². The van der Waals surface area contributed by atoms with Crippen molar-refractivity contribution < 1.29 is 19.2 Å². The van der Waals surface area contributed by atoms with E-state index in [4.69, 9.17) is 4.74 Å². The van der Waals surface area contributed by atoms with Gasteiger partial charge in [0.05, 0.1) is 29.4 Å². The van der Waals surface area contributed by atoms with E-state index in [1.54, 1.807) is 11.0 Å². The number of hydrogen-bond acceptors (Lipinski definition) is 6. The second kappa shape index (κ2) is 9.13. The average molecular weight is 424 g/mol. The fourth-order valence-corrected chi connectivity index (χ4v) is 3.93. The van der Waals surface area contributed by atoms with Crippen LogP contribution in [0.25, 0.3) is 0 Å². The number of ether oxygens (including phenoxy) is 1. The molecule has 2 saturated heterocycles. The molecule has 0 bridgehead atoms. The van der Waals surface area contributed by atoms with Crippen LogP contribution in [-0.4, -0.2) is 49.6 Å². The first-order valence-corrected chi connectivity index (χ1v) is 10.3. The van der Waals surface area contributed by atoms with Crippen LogP contribution in [0.15, 0.2) is 42.5 Å². The molecule has 2 fully saturated rings. The minimum atomic E-state index is -0.504. The topological polar surface area (TPSA) is 105 Å². The lowest BCUT2D eigenvalue weighted by molar-refractivity contribution is -0.384. The fraction of sp³-hybridized carbons (Fsp3) is 0.364. The third-order valence-electron chi connectivity index (χ3n) is 5.54. The smallest absolute Gasteiger partial charge is 0.270 e. The Balaban J connectivity index is 1.52. The number of hydrogen-bond donors (Lipinski definition) is 1. The van der Waals surface area contributed by atoms with Gasteiger partial charge in [0, 0.05) is 50.4 Å². The van der Waals surface area contributed by atoms with Crippen molar-refractivity contribution in [2.24, 2.45) is 0 Å². The standard InChI is InChI=1S/C22H24N4O5/c27-21-5-2-8-25(21)17-4-1-3-16(13-17)15-23-22(28)19-14-18(26(29)30)6-7-20(19)24-9-11-31-12-10-24/h1,3-4,6-7,13-14H,2,5,8-12,15H2,(H,23,28). The highest BCUT2D eigenvalue weighted by molar-refractivity contribution is 6.00. The summed E-state index contributed by atoms with van der Waals surface area (Å²) < 4.78 is 5.37. The Morgan fingerprint density at radius 1 is 1.13 bits per heavy atom. The first-order valence-electron chi connectivity index (χ1n) is 10.3. The Hall–Kier alpha value is -3.46. The molecule has 1 N–H and O–H groups in total. The Kier molecular flexibility index (Phi) is 6.13. The molecule has 0 atom stereocenters. The number of morpholine rings is 1. The van der Waals surface area contributed by atoms with Gasteiger partial charge in [0.15, 0.2) is 0 Å². The Morgan fingerprint density at radius 3 is 2.65 bits per heavy atom. The third-order valence-corrected chi connectivity index (χ3v) is 5.54. The quantitative estimate of drug-likeness (QED) is 0.564. The summed E-state index contributed by atoms with van der Waals surface area (Å²) in [6.07, 6.45) is 1.40. The van der Waals surface area contributed by atoms with E-state index in [2.05, 4.69) is 5.32 Å². The van der Waals surface area contributed by atoms with Crippen molar-refractivity contribution >= 4 is 28.9 Å². The summed E-state index contributed by atoms with van der Waals surface area (Å²) in [7, 11) is 0. The summed E-state index contributed by atoms with van der Waals surface area (Å²) in [5.74, 6) is -0.277. The third kappa shape index (κ3) is 4.66. The maximum atomic E-state index is 13.0. The summed E-state index contributed by atoms with van der Waals surface area (Å²) in [6, 6.07) is 11.9. The molecule has 9 heteroatoms. The molecule has 2 aromatic carbocycles. The van der Waals surface area contributed by atoms with Crippen LogP contribution in [0.4, 0.5) is 17.1 Å². The molecule has 2 aromatic rings. The van der Waals surface area contributed by atoms with E-state index in [9.17, 15) is 19.7 Å². The van der Waals surface area contributed by atoms with Gasteiger partial charge in [0.2, 0.25) is 5.91 Å². The van der Waals surface area contributed by atoms with Crippen LogP contribution in [0.5, 0.6) is 0 Å². The molecule has 0 aliphatic carbocycles. The van der Waals surface area contributed by atoms with E-state index >= 15 is 0 Å². The van der Waals surface area contributed by atoms with Gasteiger partial charge in [0.1, 0.15) is 0 Å². The number of nitrogens with one attached hydrogen (secondary N) is 1. The fourth-order valence-electron chi connectivity index (χ4n) is 3.93. The highest BCUT2D eigenvalue weighted by atomic mass is 16.6. The first kappa shape index (κ1) is 20.8. The van der Waals surface area contributed by atoms with Gasteiger partial charge in [-0.2, -0.15) is 0 Å². The summed E-state index contributed by atoms with van der Waals surface area (Å²) >= 11 is 0. The SMILES string of the molecule is O=C(NCc1cccc(N2CCCC2=O)c1)c1cc([N+](=O)[O-])ccc1N1CCOCC1. The maximum absolute atomic E-state index is 13.0. The molecule has 162 valence electrons. The zero-order chi connectivity index (χ0) is 21.8. The van der Waals surface area contributed by atoms with Crippen molar-refractivity contribution in [1.82, 2.24) is 5.32 Å². The predicted molar refractivity (Wildman–Crippen MR) is 115 cm³/mol. The molecule has 2 amide bonds. The second-order valence-electron chi connectivity index (χ2n) is 7.56. The van der Waals surface area contributed by atoms with E-state index in [1.807, 2.05) is 29.2 Å². The Labute approximate surface area is 179 Å². The lowest BCUT2D eigenvalue weighted by atomic mass is 10.1. The molecule has 0 aromatic heterocycles. The molecule has 2 aliphatic rings. The number of amides is 2. The van der Waals surface area contributed by atoms with Crippen LogP contribution < -0.4 is 15.1 Å². The lowest BCUT2D eigenvalue weighted by Gasteiger charge is -2.30. The van der Waals surface area contributed by atoms with Crippen LogP contribution in [-0.2, 0) is 16.1 Å². The summed E-state index contributed by atoms with van der Waals surface area (Å²) in [5, 5.41) is 14.1. The molecule has 0 radical (unpaired) electrons. The van der Waals surface area contributed by atoms with E-state index in [0.717, 1.165) is 17.7 Å². The number of carbonyl (C=O) groups excluding carboxylic acids is 2. The van der Waals surface area contributed by atoms with Gasteiger partial charge in [-0.15, -0.1) is 0 Å². The molecule has 2 heterocycles. The predicted octanol–water partition coefficient (Wildman–Crippen LogP) is 2.49. The lowest BCUT2D eigenvalue weighted by Crippen LogP contribution is -2.38. The molecular formula is C22H24N4O5. The number of benzene rings is 2. The number of nitro groups is 1. The minimum absolute atomic E-state index is 0.105. The summed E-state index contributed by atoms with van der Waals surface area (Å²) in [4.78, 5) is 39.5. The number of nitro benzene ring substituents is 1. The molecule has 9 nitrogen and oxygen atoms in total. The van der Waals surface area contributed by atoms with Gasteiger partial charge in [-0.1, -0.05) is 12.1 Å². The average Bonchev–Trinajstić information content (AvgIpc) is 3.23. The molecule has 0 saturated carbocycles. The molecule has 31 heavy (non-hydrogen) atoms. The van der Waals surface area contributed by atoms with Crippen molar-refractivity contribution in [3.8, 4) is 0 Å². The number of nitrogens with zero attached hydrogens (tertiary/aromatic N) is 3. The largest absolute Gasteiger partial charge is 0.378 e. The zero-order valence-corrected chi connectivity index (χ0v) is 17.1. The van der Waals surface area contributed by atoms with Gasteiger partial charge in [0.25, 0.3) is 11.6 Å². The number of rotatable bonds is 6. The molecule has 2 aliphatic heterocycles. The highest BCUT2D eigenvalue weighted by Crippen LogP contribution is 2.27. The molecule has 4 rings (SSSR count). The van der Waals surface area contributed by atoms with Gasteiger partial charge < -0.3 is 19.9 Å². The van der Waals surface area contributed by atoms with Crippen LogP contribution in [0.2, 0.25) is 0 Å². The normalized spacial score (nSPS) is 16.5. The van der Waals surface area contributed by atoms with E-state index in [0.29, 0.717) is 45.0 Å². The van der Waals surface area contributed by atoms with Gasteiger partial charge in [-0.05, 0) is 30.2 Å². The first-order chi connectivity index (χ1) is 15.0. The zero-order valence-electron chi connectivity index (χ0n) is 17.1. The van der Waals surface area contributed by atoms with Crippen LogP contribution in [0, 0.1) is 10.1 Å². The van der Waals surface area contributed by atoms with Crippen molar-refractivity contribution in [1.29, 1.82) is 0 Å². The Bertz CT molecular complexity index is 1000. The monoisotopic (exact) mass is 424 g/mol. The second-order valence-corrected chi connectivity index (χ2v) is 7.56. The van der Waals surface area contributed by atoms with Crippen molar-refractivity contribution in [3.63, 3.8) is 0 Å². The van der Waals surface area contributed by atoms with Crippen LogP contribution in [0.1, 0.15) is 28.8 Å². The maximum Gasteiger partial charge on any atom is 0.270 e. The number of anilines is 2. The van der Waals surface area contributed by atoms with Gasteiger partial charge in [-0.25, -0.2) is 0 Å². The number of non-ortho nitro benzene ring substituents is 1. The summed E-state index contributed by atoms with van der Waals surface area (Å²) in [6.45, 7) is 3.26. The van der Waals surface area contributed by atoms with E-state index in [1.165, 1.54) is 12.1 Å². The molecule has 0 spiro atoms. The van der Waals surface area contributed by atoms with Crippen molar-refractivity contribution in [2.75, 3.05) is 42.6 Å². The van der Waals surface area contributed by atoms with E-state index < -0.39 is 4.92 Å². The van der Waals surface area contributed by atoms with Crippen LogP contribution in [0.3, 0.4) is 0 Å². The van der Waals surface area contributed by atoms with Gasteiger partial charge in [-0.3, -0.25) is 19.7 Å². The highest BCUT2D eigenvalue weighted by Gasteiger charge is 2.23. The minimum Gasteiger partial charge on any atom is -0.378 e. The van der Waals surface area contributed by atoms with Crippen molar-refractivity contribution in [3.05, 3.63) is 63.7 Å². The molecule has 0 unspecified atom stereocenters. The van der Waals surface area contributed by atoms with Crippen molar-refractivity contribution in [2.45, 2.75) is 19.4 Å². The van der Waals surface area contributed by atoms with Crippen LogP contribution >= 0.6 is 0 Å². The van der Waals surface area contributed by atoms with Gasteiger partial charge >= 0.3 is 0 Å². The molecular weight excluding hydrogens is 400 g/mol. The summed E-state index contributed by atoms with van der Waals surface area (Å²) in [5.41, 5.74) is 2.46.